The number of aliphatic hydroxyl groups is 1. The van der Waals surface area contributed by atoms with Crippen molar-refractivity contribution >= 4 is 29.1 Å². The molecular formula is C22H22ClNO6. The first-order chi connectivity index (χ1) is 14.3. The van der Waals surface area contributed by atoms with E-state index in [0.717, 1.165) is 0 Å². The molecule has 1 saturated heterocycles. The van der Waals surface area contributed by atoms with E-state index in [2.05, 4.69) is 0 Å². The lowest BCUT2D eigenvalue weighted by Gasteiger charge is -2.25. The largest absolute Gasteiger partial charge is 0.507 e. The number of benzene rings is 2. The number of likely N-dealkylation sites (tertiary alicyclic amines) is 1. The molecule has 158 valence electrons. The number of amides is 1. The standard InChI is InChI=1S/C22H22ClNO6/c1-12-10-14(30-3)5-6-15(12)20(26)18-19(13-4-7-17(25)16(23)11-13)24(8-9-29-2)22(28)21(18)27/h4-7,10-11,19,25-26H,8-9H2,1-3H3/b20-18-. The van der Waals surface area contributed by atoms with Gasteiger partial charge in [0.1, 0.15) is 17.3 Å². The van der Waals surface area contributed by atoms with Crippen molar-refractivity contribution in [3.8, 4) is 11.5 Å². The fourth-order valence-corrected chi connectivity index (χ4v) is 3.70. The molecule has 0 aliphatic carbocycles. The van der Waals surface area contributed by atoms with Gasteiger partial charge in [0, 0.05) is 19.2 Å². The van der Waals surface area contributed by atoms with Crippen LogP contribution in [-0.4, -0.2) is 54.2 Å². The number of ether oxygens (including phenoxy) is 2. The number of Topliss-reactive ketones (excluding diaryl/α,β-unsaturated/α-hetero) is 1. The maximum Gasteiger partial charge on any atom is 0.295 e. The lowest BCUT2D eigenvalue weighted by atomic mass is 9.94. The zero-order valence-corrected chi connectivity index (χ0v) is 17.6. The molecule has 2 N–H and O–H groups in total. The predicted octanol–water partition coefficient (Wildman–Crippen LogP) is 3.43. The van der Waals surface area contributed by atoms with Crippen molar-refractivity contribution in [1.29, 1.82) is 0 Å². The first kappa shape index (κ1) is 21.7. The Morgan fingerprint density at radius 1 is 1.17 bits per heavy atom. The Hall–Kier alpha value is -3.03. The quantitative estimate of drug-likeness (QED) is 0.413. The van der Waals surface area contributed by atoms with Crippen molar-refractivity contribution in [2.75, 3.05) is 27.4 Å². The number of phenolic OH excluding ortho intramolecular Hbond substituents is 1. The average Bonchev–Trinajstić information content (AvgIpc) is 2.98. The van der Waals surface area contributed by atoms with Crippen LogP contribution in [0.5, 0.6) is 11.5 Å². The minimum Gasteiger partial charge on any atom is -0.507 e. The number of halogens is 1. The summed E-state index contributed by atoms with van der Waals surface area (Å²) in [7, 11) is 3.02. The van der Waals surface area contributed by atoms with E-state index in [1.165, 1.54) is 31.3 Å². The molecule has 30 heavy (non-hydrogen) atoms. The fourth-order valence-electron chi connectivity index (χ4n) is 3.51. The molecule has 0 aromatic heterocycles. The predicted molar refractivity (Wildman–Crippen MR) is 112 cm³/mol. The molecule has 1 fully saturated rings. The number of aliphatic hydroxyl groups excluding tert-OH is 1. The SMILES string of the molecule is COCCN1C(=O)C(=O)/C(=C(\O)c2ccc(OC)cc2C)C1c1ccc(O)c(Cl)c1. The summed E-state index contributed by atoms with van der Waals surface area (Å²) in [5, 5.41) is 20.9. The highest BCUT2D eigenvalue weighted by molar-refractivity contribution is 6.46. The van der Waals surface area contributed by atoms with Gasteiger partial charge in [-0.3, -0.25) is 9.59 Å². The monoisotopic (exact) mass is 431 g/mol. The molecule has 1 heterocycles. The molecule has 2 aromatic carbocycles. The van der Waals surface area contributed by atoms with E-state index in [-0.39, 0.29) is 35.3 Å². The van der Waals surface area contributed by atoms with Gasteiger partial charge in [0.25, 0.3) is 11.7 Å². The molecule has 1 atom stereocenters. The van der Waals surface area contributed by atoms with Crippen LogP contribution < -0.4 is 4.74 Å². The zero-order valence-electron chi connectivity index (χ0n) is 16.8. The Kier molecular flexibility index (Phi) is 6.34. The number of hydrogen-bond donors (Lipinski definition) is 2. The van der Waals surface area contributed by atoms with Crippen molar-refractivity contribution < 1.29 is 29.3 Å². The Balaban J connectivity index is 2.20. The number of phenols is 1. The topological polar surface area (TPSA) is 96.3 Å². The first-order valence-electron chi connectivity index (χ1n) is 9.21. The maximum atomic E-state index is 12.9. The van der Waals surface area contributed by atoms with Gasteiger partial charge in [-0.15, -0.1) is 0 Å². The Morgan fingerprint density at radius 3 is 2.50 bits per heavy atom. The van der Waals surface area contributed by atoms with E-state index in [0.29, 0.717) is 22.4 Å². The molecule has 0 saturated carbocycles. The summed E-state index contributed by atoms with van der Waals surface area (Å²) in [5.74, 6) is -1.35. The number of aromatic hydroxyl groups is 1. The van der Waals surface area contributed by atoms with Gasteiger partial charge in [0.05, 0.1) is 30.4 Å². The highest BCUT2D eigenvalue weighted by atomic mass is 35.5. The number of carbonyl (C=O) groups excluding carboxylic acids is 2. The third-order valence-electron chi connectivity index (χ3n) is 5.05. The van der Waals surface area contributed by atoms with Crippen LogP contribution in [-0.2, 0) is 14.3 Å². The second-order valence-electron chi connectivity index (χ2n) is 6.88. The van der Waals surface area contributed by atoms with Crippen LogP contribution >= 0.6 is 11.6 Å². The number of methoxy groups -OCH3 is 2. The van der Waals surface area contributed by atoms with Crippen LogP contribution in [0.3, 0.4) is 0 Å². The van der Waals surface area contributed by atoms with Gasteiger partial charge in [0.15, 0.2) is 0 Å². The number of ketones is 1. The summed E-state index contributed by atoms with van der Waals surface area (Å²) in [6, 6.07) is 8.56. The van der Waals surface area contributed by atoms with E-state index in [9.17, 15) is 19.8 Å². The normalized spacial score (nSPS) is 18.1. The van der Waals surface area contributed by atoms with Crippen LogP contribution in [0.1, 0.15) is 22.7 Å². The molecule has 1 aliphatic rings. The van der Waals surface area contributed by atoms with E-state index in [1.807, 2.05) is 0 Å². The zero-order chi connectivity index (χ0) is 22.0. The molecule has 1 amide bonds. The molecule has 1 aliphatic heterocycles. The lowest BCUT2D eigenvalue weighted by Crippen LogP contribution is -2.32. The summed E-state index contributed by atoms with van der Waals surface area (Å²) in [4.78, 5) is 27.0. The van der Waals surface area contributed by atoms with Crippen LogP contribution in [0.4, 0.5) is 0 Å². The third kappa shape index (κ3) is 3.86. The number of nitrogens with zero attached hydrogens (tertiary/aromatic N) is 1. The molecule has 1 unspecified atom stereocenters. The highest BCUT2D eigenvalue weighted by Gasteiger charge is 2.46. The summed E-state index contributed by atoms with van der Waals surface area (Å²) in [6.07, 6.45) is 0. The van der Waals surface area contributed by atoms with Gasteiger partial charge in [-0.25, -0.2) is 0 Å². The highest BCUT2D eigenvalue weighted by Crippen LogP contribution is 2.41. The smallest absolute Gasteiger partial charge is 0.295 e. The van der Waals surface area contributed by atoms with Crippen molar-refractivity contribution in [3.63, 3.8) is 0 Å². The molecule has 8 heteroatoms. The molecular weight excluding hydrogens is 410 g/mol. The van der Waals surface area contributed by atoms with Crippen LogP contribution in [0, 0.1) is 6.92 Å². The second kappa shape index (κ2) is 8.77. The average molecular weight is 432 g/mol. The van der Waals surface area contributed by atoms with Crippen LogP contribution in [0.25, 0.3) is 5.76 Å². The van der Waals surface area contributed by atoms with E-state index < -0.39 is 17.7 Å². The number of hydrogen-bond acceptors (Lipinski definition) is 6. The summed E-state index contributed by atoms with van der Waals surface area (Å²) in [6.45, 7) is 2.12. The molecule has 2 aromatic rings. The molecule has 0 bridgehead atoms. The van der Waals surface area contributed by atoms with Crippen molar-refractivity contribution in [1.82, 2.24) is 4.90 Å². The number of carbonyl (C=O) groups is 2. The van der Waals surface area contributed by atoms with Crippen molar-refractivity contribution in [2.24, 2.45) is 0 Å². The molecule has 0 spiro atoms. The van der Waals surface area contributed by atoms with Gasteiger partial charge >= 0.3 is 0 Å². The number of aryl methyl sites for hydroxylation is 1. The first-order valence-corrected chi connectivity index (χ1v) is 9.58. The maximum absolute atomic E-state index is 12.9. The summed E-state index contributed by atoms with van der Waals surface area (Å²) >= 11 is 6.06. The second-order valence-corrected chi connectivity index (χ2v) is 7.28. The van der Waals surface area contributed by atoms with Gasteiger partial charge in [-0.2, -0.15) is 0 Å². The molecule has 7 nitrogen and oxygen atoms in total. The van der Waals surface area contributed by atoms with Crippen molar-refractivity contribution in [2.45, 2.75) is 13.0 Å². The summed E-state index contributed by atoms with van der Waals surface area (Å²) in [5.41, 5.74) is 1.53. The number of rotatable bonds is 6. The van der Waals surface area contributed by atoms with Gasteiger partial charge in [0.2, 0.25) is 0 Å². The van der Waals surface area contributed by atoms with E-state index in [1.54, 1.807) is 31.2 Å². The van der Waals surface area contributed by atoms with Crippen LogP contribution in [0.2, 0.25) is 5.02 Å². The van der Waals surface area contributed by atoms with Gasteiger partial charge in [-0.1, -0.05) is 17.7 Å². The van der Waals surface area contributed by atoms with Gasteiger partial charge < -0.3 is 24.6 Å². The minimum absolute atomic E-state index is 0.0499. The lowest BCUT2D eigenvalue weighted by molar-refractivity contribution is -0.140. The Labute approximate surface area is 179 Å². The third-order valence-corrected chi connectivity index (χ3v) is 5.36. The fraction of sp³-hybridized carbons (Fsp3) is 0.273. The molecule has 0 radical (unpaired) electrons. The van der Waals surface area contributed by atoms with Crippen molar-refractivity contribution in [3.05, 3.63) is 63.7 Å². The van der Waals surface area contributed by atoms with Crippen LogP contribution in [0.15, 0.2) is 42.0 Å². The molecule has 3 rings (SSSR count). The minimum atomic E-state index is -0.875. The summed E-state index contributed by atoms with van der Waals surface area (Å²) < 4.78 is 10.3. The van der Waals surface area contributed by atoms with Gasteiger partial charge in [-0.05, 0) is 48.4 Å². The Bertz CT molecular complexity index is 1030. The van der Waals surface area contributed by atoms with E-state index >= 15 is 0 Å². The van der Waals surface area contributed by atoms with E-state index in [4.69, 9.17) is 21.1 Å². The Morgan fingerprint density at radius 2 is 1.90 bits per heavy atom.